The average Bonchev–Trinajstić information content (AvgIpc) is 2.56. The summed E-state index contributed by atoms with van der Waals surface area (Å²) >= 11 is 0. The van der Waals surface area contributed by atoms with Crippen molar-refractivity contribution in [3.05, 3.63) is 15.9 Å². The fraction of sp³-hybridized carbons (Fsp3) is 0.400. The van der Waals surface area contributed by atoms with Crippen LogP contribution in [-0.2, 0) is 11.8 Å². The van der Waals surface area contributed by atoms with E-state index in [4.69, 9.17) is 11.5 Å². The van der Waals surface area contributed by atoms with Gasteiger partial charge in [-0.15, -0.1) is 12.3 Å². The molecule has 0 amide bonds. The van der Waals surface area contributed by atoms with Gasteiger partial charge in [0.2, 0.25) is 11.6 Å². The molecule has 0 saturated heterocycles. The van der Waals surface area contributed by atoms with Crippen molar-refractivity contribution in [2.24, 2.45) is 7.05 Å². The van der Waals surface area contributed by atoms with Crippen LogP contribution in [0, 0.1) is 29.4 Å². The van der Waals surface area contributed by atoms with Crippen LogP contribution in [-0.4, -0.2) is 31.6 Å². The number of carboxylic acid groups (broad SMARTS) is 1. The fourth-order valence-corrected chi connectivity index (χ4v) is 1.36. The average molecular weight is 252 g/mol. The summed E-state index contributed by atoms with van der Waals surface area (Å²) < 4.78 is 1.41. The largest absolute Gasteiger partial charge is 0.480 e. The predicted molar refractivity (Wildman–Crippen MR) is 63.1 cm³/mol. The van der Waals surface area contributed by atoms with Crippen LogP contribution in [0.2, 0.25) is 0 Å². The van der Waals surface area contributed by atoms with Gasteiger partial charge >= 0.3 is 11.8 Å². The lowest BCUT2D eigenvalue weighted by atomic mass is 10.2. The van der Waals surface area contributed by atoms with E-state index < -0.39 is 22.8 Å². The zero-order valence-corrected chi connectivity index (χ0v) is 9.88. The molecule has 1 rings (SSSR count). The van der Waals surface area contributed by atoms with E-state index in [-0.39, 0.29) is 12.2 Å². The van der Waals surface area contributed by atoms with Crippen molar-refractivity contribution >= 4 is 17.6 Å². The van der Waals surface area contributed by atoms with Gasteiger partial charge in [0.1, 0.15) is 6.04 Å². The summed E-state index contributed by atoms with van der Waals surface area (Å²) in [5.74, 6) is 1.03. The van der Waals surface area contributed by atoms with Gasteiger partial charge in [-0.05, 0) is 9.91 Å². The highest BCUT2D eigenvalue weighted by Crippen LogP contribution is 2.24. The first-order chi connectivity index (χ1) is 8.38. The summed E-state index contributed by atoms with van der Waals surface area (Å²) in [6, 6.07) is -1.09. The van der Waals surface area contributed by atoms with Crippen molar-refractivity contribution in [2.45, 2.75) is 19.4 Å². The molecule has 1 aromatic heterocycles. The number of nitrogens with zero attached hydrogens (tertiary/aromatic N) is 3. The number of imidazole rings is 1. The number of anilines is 1. The summed E-state index contributed by atoms with van der Waals surface area (Å²) in [5, 5.41) is 22.3. The number of hydrogen-bond acceptors (Lipinski definition) is 5. The first-order valence-corrected chi connectivity index (χ1v) is 4.99. The number of hydrogen-bond donors (Lipinski definition) is 2. The van der Waals surface area contributed by atoms with Gasteiger partial charge < -0.3 is 20.5 Å². The van der Waals surface area contributed by atoms with E-state index >= 15 is 0 Å². The molecule has 0 radical (unpaired) electrons. The number of carboxylic acids is 1. The third-order valence-corrected chi connectivity index (χ3v) is 2.40. The summed E-state index contributed by atoms with van der Waals surface area (Å²) in [7, 11) is 1.55. The van der Waals surface area contributed by atoms with Crippen molar-refractivity contribution in [2.75, 3.05) is 5.32 Å². The van der Waals surface area contributed by atoms with Gasteiger partial charge in [0.05, 0.1) is 0 Å². The van der Waals surface area contributed by atoms with Crippen LogP contribution in [0.3, 0.4) is 0 Å². The lowest BCUT2D eigenvalue weighted by Crippen LogP contribution is -2.30. The monoisotopic (exact) mass is 252 g/mol. The lowest BCUT2D eigenvalue weighted by Gasteiger charge is -2.12. The third kappa shape index (κ3) is 2.57. The number of nitro groups is 1. The van der Waals surface area contributed by atoms with Gasteiger partial charge in [0.15, 0.2) is 0 Å². The zero-order valence-electron chi connectivity index (χ0n) is 9.88. The van der Waals surface area contributed by atoms with Crippen molar-refractivity contribution in [3.8, 4) is 12.3 Å². The van der Waals surface area contributed by atoms with Gasteiger partial charge in [0.25, 0.3) is 0 Å². The molecule has 0 aliphatic rings. The second kappa shape index (κ2) is 5.18. The molecular weight excluding hydrogens is 240 g/mol. The molecule has 0 aromatic carbocycles. The normalized spacial score (nSPS) is 11.6. The topological polar surface area (TPSA) is 110 Å². The second-order valence-electron chi connectivity index (χ2n) is 3.59. The number of aromatic nitrogens is 2. The highest BCUT2D eigenvalue weighted by atomic mass is 16.6. The number of aryl methyl sites for hydroxylation is 1. The van der Waals surface area contributed by atoms with Crippen molar-refractivity contribution in [1.29, 1.82) is 0 Å². The van der Waals surface area contributed by atoms with E-state index in [0.717, 1.165) is 0 Å². The van der Waals surface area contributed by atoms with Crippen LogP contribution < -0.4 is 5.32 Å². The highest BCUT2D eigenvalue weighted by molar-refractivity contribution is 5.78. The molecule has 0 spiro atoms. The van der Waals surface area contributed by atoms with Crippen LogP contribution in [0.1, 0.15) is 12.2 Å². The molecule has 2 N–H and O–H groups in total. The highest BCUT2D eigenvalue weighted by Gasteiger charge is 2.27. The number of aliphatic carboxylic acids is 1. The molecule has 18 heavy (non-hydrogen) atoms. The fourth-order valence-electron chi connectivity index (χ4n) is 1.36. The maximum Gasteiger partial charge on any atom is 0.406 e. The van der Waals surface area contributed by atoms with E-state index in [1.54, 1.807) is 14.0 Å². The smallest absolute Gasteiger partial charge is 0.406 e. The van der Waals surface area contributed by atoms with E-state index in [0.29, 0.717) is 5.82 Å². The molecule has 0 aliphatic carbocycles. The standard InChI is InChI=1S/C10H12N4O4/c1-4-5-7(10(15)16)12-8-9(14(17)18)11-6(2)13(8)3/h1,7,12H,5H2,2-3H3,(H,15,16). The molecule has 96 valence electrons. The molecule has 0 fully saturated rings. The SMILES string of the molecule is C#CCC(Nc1c([N+](=O)[O-])nc(C)n1C)C(=O)O. The van der Waals surface area contributed by atoms with Crippen molar-refractivity contribution in [1.82, 2.24) is 9.55 Å². The Labute approximate surface area is 103 Å². The van der Waals surface area contributed by atoms with Crippen molar-refractivity contribution < 1.29 is 14.8 Å². The predicted octanol–water partition coefficient (Wildman–Crippen LogP) is 0.525. The number of rotatable bonds is 5. The quantitative estimate of drug-likeness (QED) is 0.449. The molecule has 1 heterocycles. The lowest BCUT2D eigenvalue weighted by molar-refractivity contribution is -0.388. The Hall–Kier alpha value is -2.56. The van der Waals surface area contributed by atoms with E-state index in [2.05, 4.69) is 16.2 Å². The molecule has 0 saturated carbocycles. The Balaban J connectivity index is 3.13. The zero-order chi connectivity index (χ0) is 13.9. The molecule has 1 atom stereocenters. The molecule has 1 unspecified atom stereocenters. The van der Waals surface area contributed by atoms with Crippen LogP contribution in [0.25, 0.3) is 0 Å². The maximum absolute atomic E-state index is 10.9. The number of nitrogens with one attached hydrogen (secondary N) is 1. The molecule has 8 nitrogen and oxygen atoms in total. The Bertz CT molecular complexity index is 529. The van der Waals surface area contributed by atoms with Crippen LogP contribution in [0.15, 0.2) is 0 Å². The minimum absolute atomic E-state index is 0.0279. The van der Waals surface area contributed by atoms with Crippen molar-refractivity contribution in [3.63, 3.8) is 0 Å². The van der Waals surface area contributed by atoms with Gasteiger partial charge in [-0.2, -0.15) is 0 Å². The number of carbonyl (C=O) groups is 1. The summed E-state index contributed by atoms with van der Waals surface area (Å²) in [4.78, 5) is 24.8. The molecule has 0 aliphatic heterocycles. The summed E-state index contributed by atoms with van der Waals surface area (Å²) in [5.41, 5.74) is 0. The molecule has 8 heteroatoms. The van der Waals surface area contributed by atoms with E-state index in [1.165, 1.54) is 4.57 Å². The van der Waals surface area contributed by atoms with Gasteiger partial charge in [-0.3, -0.25) is 4.57 Å². The van der Waals surface area contributed by atoms with Gasteiger partial charge in [-0.25, -0.2) is 4.79 Å². The van der Waals surface area contributed by atoms with E-state index in [9.17, 15) is 14.9 Å². The minimum atomic E-state index is -1.18. The Morgan fingerprint density at radius 2 is 2.39 bits per heavy atom. The Morgan fingerprint density at radius 1 is 1.78 bits per heavy atom. The summed E-state index contributed by atoms with van der Waals surface area (Å²) in [6.07, 6.45) is 4.97. The molecule has 0 bridgehead atoms. The first kappa shape index (κ1) is 13.5. The first-order valence-electron chi connectivity index (χ1n) is 4.99. The Kier molecular flexibility index (Phi) is 3.89. The van der Waals surface area contributed by atoms with Crippen LogP contribution in [0.4, 0.5) is 11.6 Å². The molecular formula is C10H12N4O4. The van der Waals surface area contributed by atoms with Gasteiger partial charge in [-0.1, -0.05) is 0 Å². The van der Waals surface area contributed by atoms with Crippen LogP contribution in [0.5, 0.6) is 0 Å². The minimum Gasteiger partial charge on any atom is -0.480 e. The second-order valence-corrected chi connectivity index (χ2v) is 3.59. The van der Waals surface area contributed by atoms with Crippen LogP contribution >= 0.6 is 0 Å². The third-order valence-electron chi connectivity index (χ3n) is 2.40. The van der Waals surface area contributed by atoms with Gasteiger partial charge in [0, 0.05) is 20.4 Å². The number of terminal acetylenes is 1. The molecule has 1 aromatic rings. The Morgan fingerprint density at radius 3 is 2.83 bits per heavy atom. The van der Waals surface area contributed by atoms with E-state index in [1.807, 2.05) is 0 Å². The summed E-state index contributed by atoms with van der Waals surface area (Å²) in [6.45, 7) is 1.58. The maximum atomic E-state index is 10.9.